The minimum Gasteiger partial charge on any atom is -0.389 e. The molecule has 1 unspecified atom stereocenters. The van der Waals surface area contributed by atoms with E-state index in [4.69, 9.17) is 0 Å². The highest BCUT2D eigenvalue weighted by atomic mass is 19.1. The second-order valence-corrected chi connectivity index (χ2v) is 3.70. The molecular weight excluding hydrogens is 193 g/mol. The zero-order valence-electron chi connectivity index (χ0n) is 8.66. The van der Waals surface area contributed by atoms with Crippen LogP contribution < -0.4 is 0 Å². The Kier molecular flexibility index (Phi) is 2.40. The van der Waals surface area contributed by atoms with E-state index in [-0.39, 0.29) is 5.82 Å². The number of hydrogen-bond donors (Lipinski definition) is 1. The van der Waals surface area contributed by atoms with Gasteiger partial charge in [0.15, 0.2) is 0 Å². The van der Waals surface area contributed by atoms with Crippen LogP contribution in [0.15, 0.2) is 24.3 Å². The van der Waals surface area contributed by atoms with Gasteiger partial charge in [0.25, 0.3) is 0 Å². The molecule has 0 spiro atoms. The Balaban J connectivity index is 2.73. The number of halogens is 1. The van der Waals surface area contributed by atoms with E-state index in [9.17, 15) is 9.50 Å². The van der Waals surface area contributed by atoms with Crippen molar-refractivity contribution in [1.29, 1.82) is 0 Å². The summed E-state index contributed by atoms with van der Waals surface area (Å²) in [6.07, 6.45) is -0.662. The van der Waals surface area contributed by atoms with Gasteiger partial charge in [0.2, 0.25) is 0 Å². The first kappa shape index (κ1) is 10.1. The number of aryl methyl sites for hydroxylation is 1. The Morgan fingerprint density at radius 3 is 2.73 bits per heavy atom. The number of hydrogen-bond acceptors (Lipinski definition) is 2. The molecule has 78 valence electrons. The standard InChI is InChI=1S/C12H12FNO/c1-7-3-4-9-5-10(8(2)15)6-11(13)12(9)14-7/h3-6,8,15H,1-2H3. The van der Waals surface area contributed by atoms with E-state index in [1.165, 1.54) is 6.07 Å². The predicted molar refractivity (Wildman–Crippen MR) is 57.1 cm³/mol. The molecule has 1 aromatic heterocycles. The summed E-state index contributed by atoms with van der Waals surface area (Å²) in [7, 11) is 0. The third-order valence-electron chi connectivity index (χ3n) is 2.39. The lowest BCUT2D eigenvalue weighted by molar-refractivity contribution is 0.199. The summed E-state index contributed by atoms with van der Waals surface area (Å²) < 4.78 is 13.6. The fourth-order valence-corrected chi connectivity index (χ4v) is 1.55. The van der Waals surface area contributed by atoms with Crippen LogP contribution >= 0.6 is 0 Å². The molecule has 15 heavy (non-hydrogen) atoms. The maximum absolute atomic E-state index is 13.6. The van der Waals surface area contributed by atoms with E-state index >= 15 is 0 Å². The number of aromatic nitrogens is 1. The van der Waals surface area contributed by atoms with Gasteiger partial charge in [-0.1, -0.05) is 6.07 Å². The maximum atomic E-state index is 13.6. The highest BCUT2D eigenvalue weighted by Crippen LogP contribution is 2.22. The monoisotopic (exact) mass is 205 g/mol. The van der Waals surface area contributed by atoms with E-state index < -0.39 is 6.10 Å². The molecule has 0 bridgehead atoms. The van der Waals surface area contributed by atoms with Crippen molar-refractivity contribution < 1.29 is 9.50 Å². The predicted octanol–water partition coefficient (Wildman–Crippen LogP) is 2.74. The third kappa shape index (κ3) is 1.83. The van der Waals surface area contributed by atoms with Gasteiger partial charge in [0.05, 0.1) is 6.10 Å². The fraction of sp³-hybridized carbons (Fsp3) is 0.250. The van der Waals surface area contributed by atoms with E-state index in [1.54, 1.807) is 13.0 Å². The zero-order valence-corrected chi connectivity index (χ0v) is 8.66. The van der Waals surface area contributed by atoms with Gasteiger partial charge < -0.3 is 5.11 Å². The van der Waals surface area contributed by atoms with Crippen molar-refractivity contribution >= 4 is 10.9 Å². The summed E-state index contributed by atoms with van der Waals surface area (Å²) in [5.41, 5.74) is 1.72. The van der Waals surface area contributed by atoms with Crippen LogP contribution in [-0.4, -0.2) is 10.1 Å². The van der Waals surface area contributed by atoms with Gasteiger partial charge in [0.1, 0.15) is 11.3 Å². The topological polar surface area (TPSA) is 33.1 Å². The summed E-state index contributed by atoms with van der Waals surface area (Å²) >= 11 is 0. The first-order chi connectivity index (χ1) is 7.08. The van der Waals surface area contributed by atoms with Crippen LogP contribution in [0.4, 0.5) is 4.39 Å². The van der Waals surface area contributed by atoms with Crippen LogP contribution in [0.25, 0.3) is 10.9 Å². The first-order valence-electron chi connectivity index (χ1n) is 4.83. The van der Waals surface area contributed by atoms with Crippen LogP contribution in [0.3, 0.4) is 0 Å². The third-order valence-corrected chi connectivity index (χ3v) is 2.39. The highest BCUT2D eigenvalue weighted by molar-refractivity contribution is 5.80. The second-order valence-electron chi connectivity index (χ2n) is 3.70. The lowest BCUT2D eigenvalue weighted by Crippen LogP contribution is -1.95. The van der Waals surface area contributed by atoms with Crippen LogP contribution in [0.1, 0.15) is 24.3 Å². The average molecular weight is 205 g/mol. The zero-order chi connectivity index (χ0) is 11.0. The van der Waals surface area contributed by atoms with Crippen molar-refractivity contribution in [1.82, 2.24) is 4.98 Å². The van der Waals surface area contributed by atoms with Gasteiger partial charge in [-0.3, -0.25) is 4.98 Å². The fourth-order valence-electron chi connectivity index (χ4n) is 1.55. The molecule has 0 aliphatic heterocycles. The molecule has 1 atom stereocenters. The van der Waals surface area contributed by atoms with Crippen molar-refractivity contribution in [2.45, 2.75) is 20.0 Å². The summed E-state index contributed by atoms with van der Waals surface area (Å²) in [4.78, 5) is 4.12. The molecule has 1 N–H and O–H groups in total. The van der Waals surface area contributed by atoms with Gasteiger partial charge >= 0.3 is 0 Å². The number of pyridine rings is 1. The van der Waals surface area contributed by atoms with E-state index in [0.29, 0.717) is 11.1 Å². The first-order valence-corrected chi connectivity index (χ1v) is 4.83. The van der Waals surface area contributed by atoms with Gasteiger partial charge in [-0.05, 0) is 37.6 Å². The van der Waals surface area contributed by atoms with E-state index in [2.05, 4.69) is 4.98 Å². The molecule has 0 aliphatic carbocycles. The van der Waals surface area contributed by atoms with Crippen molar-refractivity contribution in [2.75, 3.05) is 0 Å². The van der Waals surface area contributed by atoms with Gasteiger partial charge in [-0.2, -0.15) is 0 Å². The molecular formula is C12H12FNO. The van der Waals surface area contributed by atoms with Crippen molar-refractivity contribution in [3.8, 4) is 0 Å². The van der Waals surface area contributed by atoms with Crippen LogP contribution in [0, 0.1) is 12.7 Å². The van der Waals surface area contributed by atoms with Crippen molar-refractivity contribution in [3.05, 3.63) is 41.3 Å². The van der Waals surface area contributed by atoms with Crippen LogP contribution in [0.2, 0.25) is 0 Å². The quantitative estimate of drug-likeness (QED) is 0.776. The second kappa shape index (κ2) is 3.59. The number of benzene rings is 1. The van der Waals surface area contributed by atoms with Crippen molar-refractivity contribution in [3.63, 3.8) is 0 Å². The summed E-state index contributed by atoms with van der Waals surface area (Å²) in [6, 6.07) is 6.73. The lowest BCUT2D eigenvalue weighted by Gasteiger charge is -2.07. The van der Waals surface area contributed by atoms with Crippen LogP contribution in [0.5, 0.6) is 0 Å². The van der Waals surface area contributed by atoms with E-state index in [1.807, 2.05) is 19.1 Å². The van der Waals surface area contributed by atoms with Crippen LogP contribution in [-0.2, 0) is 0 Å². The summed E-state index contributed by atoms with van der Waals surface area (Å²) in [5.74, 6) is -0.382. The number of aliphatic hydroxyl groups is 1. The molecule has 2 nitrogen and oxygen atoms in total. The molecule has 0 fully saturated rings. The molecule has 0 radical (unpaired) electrons. The molecule has 1 aromatic carbocycles. The lowest BCUT2D eigenvalue weighted by atomic mass is 10.1. The summed E-state index contributed by atoms with van der Waals surface area (Å²) in [6.45, 7) is 3.43. The van der Waals surface area contributed by atoms with Gasteiger partial charge in [-0.25, -0.2) is 4.39 Å². The molecule has 0 aliphatic rings. The Bertz CT molecular complexity index is 508. The van der Waals surface area contributed by atoms with Crippen molar-refractivity contribution in [2.24, 2.45) is 0 Å². The molecule has 0 amide bonds. The molecule has 0 saturated heterocycles. The number of fused-ring (bicyclic) bond motifs is 1. The smallest absolute Gasteiger partial charge is 0.149 e. The number of rotatable bonds is 1. The molecule has 2 aromatic rings. The van der Waals surface area contributed by atoms with Gasteiger partial charge in [0, 0.05) is 11.1 Å². The van der Waals surface area contributed by atoms with Gasteiger partial charge in [-0.15, -0.1) is 0 Å². The molecule has 1 heterocycles. The SMILES string of the molecule is Cc1ccc2cc(C(C)O)cc(F)c2n1. The molecule has 3 heteroatoms. The molecule has 0 saturated carbocycles. The largest absolute Gasteiger partial charge is 0.389 e. The molecule has 2 rings (SSSR count). The summed E-state index contributed by atoms with van der Waals surface area (Å²) in [5, 5.41) is 10.1. The number of nitrogens with zero attached hydrogens (tertiary/aromatic N) is 1. The Labute approximate surface area is 87.4 Å². The average Bonchev–Trinajstić information content (AvgIpc) is 2.18. The minimum atomic E-state index is -0.662. The maximum Gasteiger partial charge on any atom is 0.149 e. The Morgan fingerprint density at radius 2 is 2.07 bits per heavy atom. The highest BCUT2D eigenvalue weighted by Gasteiger charge is 2.08. The minimum absolute atomic E-state index is 0.361. The Hall–Kier alpha value is -1.48. The number of aliphatic hydroxyl groups excluding tert-OH is 1. The normalized spacial score (nSPS) is 13.1. The van der Waals surface area contributed by atoms with E-state index in [0.717, 1.165) is 11.1 Å². The Morgan fingerprint density at radius 1 is 1.33 bits per heavy atom.